The van der Waals surface area contributed by atoms with Crippen LogP contribution in [0, 0.1) is 0 Å². The third-order valence-corrected chi connectivity index (χ3v) is 11.0. The summed E-state index contributed by atoms with van der Waals surface area (Å²) in [6.45, 7) is 1.41. The SMILES string of the molecule is CCCCOc1cc(N=Nc2ccc(-c3ccc(N=Nc4c(S(=O)(=O)[O-])cc5cc(S(=O)(=O)O)c(N=Nc6ccccc6)c([O-])c5c4N)c(OCCO)c3)cc2OCCO)c(N)cc1N.[Na+].[Na+]. The van der Waals surface area contributed by atoms with Gasteiger partial charge in [0.05, 0.1) is 53.2 Å². The first kappa shape index (κ1) is 54.3. The fourth-order valence-corrected chi connectivity index (χ4v) is 7.44. The molecule has 0 aromatic heterocycles. The molecule has 0 unspecified atom stereocenters. The molecule has 6 aromatic carbocycles. The molecule has 6 rings (SSSR count). The molecule has 21 nitrogen and oxygen atoms in total. The Morgan fingerprint density at radius 2 is 1.15 bits per heavy atom. The van der Waals surface area contributed by atoms with Crippen molar-refractivity contribution in [2.75, 3.05) is 50.2 Å². The van der Waals surface area contributed by atoms with Crippen LogP contribution in [0.5, 0.6) is 23.0 Å². The van der Waals surface area contributed by atoms with Crippen LogP contribution in [-0.2, 0) is 20.2 Å². The van der Waals surface area contributed by atoms with Crippen LogP contribution in [0.25, 0.3) is 21.9 Å². The first-order valence-electron chi connectivity index (χ1n) is 19.5. The van der Waals surface area contributed by atoms with Gasteiger partial charge in [-0.15, -0.1) is 25.6 Å². The fraction of sp³-hybridized carbons (Fsp3) is 0.190. The van der Waals surface area contributed by atoms with Crippen molar-refractivity contribution in [3.63, 3.8) is 0 Å². The van der Waals surface area contributed by atoms with Crippen molar-refractivity contribution in [1.29, 1.82) is 0 Å². The molecule has 0 saturated carbocycles. The standard InChI is InChI=1S/C42H43N9O12S2.2Na/c1-2-3-15-61-33-23-32(28(43)22-29(33)44)49-47-30-11-9-24(18-34(30)62-16-13-52)25-10-12-31(35(19-25)63-17-14-53)48-50-40-36(64(55,56)57)20-26-21-37(65(58,59)60)41(42(54)38(26)39(40)45)51-46-27-7-5-4-6-8-27;;/h4-12,18-23,52-54H,2-3,13-17,43-45H2,1H3,(H,55,56,57)(H,58,59,60);;/q;2*+1/p-2. The van der Waals surface area contributed by atoms with Gasteiger partial charge in [-0.25, -0.2) is 8.42 Å². The number of rotatable bonds is 19. The van der Waals surface area contributed by atoms with Gasteiger partial charge in [-0.3, -0.25) is 4.55 Å². The number of aliphatic hydroxyl groups excluding tert-OH is 2. The second-order valence-electron chi connectivity index (χ2n) is 13.8. The molecule has 0 bridgehead atoms. The van der Waals surface area contributed by atoms with Gasteiger partial charge >= 0.3 is 59.1 Å². The smallest absolute Gasteiger partial charge is 0.870 e. The normalized spacial score (nSPS) is 11.8. The number of fused-ring (bicyclic) bond motifs is 1. The molecule has 0 aliphatic carbocycles. The van der Waals surface area contributed by atoms with Crippen molar-refractivity contribution < 1.29 is 115 Å². The van der Waals surface area contributed by atoms with E-state index in [2.05, 4.69) is 30.7 Å². The van der Waals surface area contributed by atoms with Crippen LogP contribution >= 0.6 is 0 Å². The minimum Gasteiger partial charge on any atom is -0.870 e. The van der Waals surface area contributed by atoms with Crippen molar-refractivity contribution in [1.82, 2.24) is 0 Å². The summed E-state index contributed by atoms with van der Waals surface area (Å²) in [5.74, 6) is -0.563. The molecule has 0 aliphatic rings. The summed E-state index contributed by atoms with van der Waals surface area (Å²) in [5, 5.41) is 56.4. The van der Waals surface area contributed by atoms with E-state index in [-0.39, 0.29) is 113 Å². The zero-order valence-electron chi connectivity index (χ0n) is 36.4. The summed E-state index contributed by atoms with van der Waals surface area (Å²) >= 11 is 0. The van der Waals surface area contributed by atoms with E-state index in [0.717, 1.165) is 18.9 Å². The van der Waals surface area contributed by atoms with Gasteiger partial charge in [0, 0.05) is 11.5 Å². The van der Waals surface area contributed by atoms with Crippen LogP contribution in [0.15, 0.2) is 131 Å². The van der Waals surface area contributed by atoms with Crippen LogP contribution in [0.4, 0.5) is 51.2 Å². The maximum Gasteiger partial charge on any atom is 1.00 e. The van der Waals surface area contributed by atoms with E-state index in [1.807, 2.05) is 6.92 Å². The Labute approximate surface area is 428 Å². The molecular weight excluding hydrogens is 933 g/mol. The van der Waals surface area contributed by atoms with Crippen LogP contribution in [0.3, 0.4) is 0 Å². The predicted octanol–water partition coefficient (Wildman–Crippen LogP) is 1.65. The number of nitrogens with zero attached hydrogens (tertiary/aromatic N) is 6. The third-order valence-electron chi connectivity index (χ3n) is 9.25. The van der Waals surface area contributed by atoms with E-state index in [9.17, 15) is 41.3 Å². The summed E-state index contributed by atoms with van der Waals surface area (Å²) in [5.41, 5.74) is 18.6. The van der Waals surface area contributed by atoms with Gasteiger partial charge in [0.2, 0.25) is 0 Å². The van der Waals surface area contributed by atoms with Crippen molar-refractivity contribution in [2.45, 2.75) is 29.6 Å². The summed E-state index contributed by atoms with van der Waals surface area (Å²) in [6.07, 6.45) is 1.74. The predicted molar refractivity (Wildman–Crippen MR) is 237 cm³/mol. The molecule has 0 spiro atoms. The van der Waals surface area contributed by atoms with E-state index >= 15 is 0 Å². The number of nitrogens with two attached hydrogens (primary N) is 3. The Kier molecular flexibility index (Phi) is 19.6. The van der Waals surface area contributed by atoms with Crippen LogP contribution < -0.4 is 95.6 Å². The quantitative estimate of drug-likeness (QED) is 0.0221. The summed E-state index contributed by atoms with van der Waals surface area (Å²) < 4.78 is 89.8. The molecule has 0 fully saturated rings. The van der Waals surface area contributed by atoms with Gasteiger partial charge in [0.25, 0.3) is 10.1 Å². The van der Waals surface area contributed by atoms with Crippen molar-refractivity contribution in [3.05, 3.63) is 91.0 Å². The molecule has 0 amide bonds. The van der Waals surface area contributed by atoms with Crippen LogP contribution in [-0.4, -0.2) is 69.2 Å². The summed E-state index contributed by atoms with van der Waals surface area (Å²) in [7, 11) is -10.6. The molecule has 340 valence electrons. The Morgan fingerprint density at radius 1 is 0.612 bits per heavy atom. The van der Waals surface area contributed by atoms with Gasteiger partial charge in [-0.2, -0.15) is 13.5 Å². The number of ether oxygens (including phenoxy) is 3. The van der Waals surface area contributed by atoms with Crippen molar-refractivity contribution in [3.8, 4) is 34.1 Å². The number of hydrogen-bond acceptors (Lipinski definition) is 20. The van der Waals surface area contributed by atoms with Crippen LogP contribution in [0.1, 0.15) is 19.8 Å². The fourth-order valence-electron chi connectivity index (χ4n) is 6.13. The van der Waals surface area contributed by atoms with E-state index in [1.165, 1.54) is 30.3 Å². The minimum absolute atomic E-state index is 0. The van der Waals surface area contributed by atoms with Crippen molar-refractivity contribution in [2.24, 2.45) is 30.7 Å². The molecular formula is C42H41N9Na2O12S2. The average Bonchev–Trinajstić information content (AvgIpc) is 3.27. The van der Waals surface area contributed by atoms with Crippen LogP contribution in [0.2, 0.25) is 0 Å². The Hall–Kier alpha value is -5.28. The topological polar surface area (TPSA) is 355 Å². The molecule has 6 aromatic rings. The Balaban J connectivity index is 0.00000490. The molecule has 0 radical (unpaired) electrons. The molecule has 25 heteroatoms. The maximum absolute atomic E-state index is 13.9. The number of hydrogen-bond donors (Lipinski definition) is 6. The summed E-state index contributed by atoms with van der Waals surface area (Å²) in [6, 6.07) is 21.8. The molecule has 0 aliphatic heterocycles. The van der Waals surface area contributed by atoms with E-state index < -0.39 is 70.2 Å². The monoisotopic (exact) mass is 973 g/mol. The summed E-state index contributed by atoms with van der Waals surface area (Å²) in [4.78, 5) is -2.10. The maximum atomic E-state index is 13.9. The first-order chi connectivity index (χ1) is 31.0. The number of anilines is 3. The van der Waals surface area contributed by atoms with Crippen molar-refractivity contribution >= 4 is 82.2 Å². The zero-order chi connectivity index (χ0) is 46.9. The largest absolute Gasteiger partial charge is 1.00 e. The number of azo groups is 3. The van der Waals surface area contributed by atoms with E-state index in [4.69, 9.17) is 31.4 Å². The molecule has 67 heavy (non-hydrogen) atoms. The molecule has 9 N–H and O–H groups in total. The molecule has 0 saturated heterocycles. The Bertz CT molecular complexity index is 3060. The zero-order valence-corrected chi connectivity index (χ0v) is 42.0. The number of aliphatic hydroxyl groups is 2. The molecule has 0 atom stereocenters. The van der Waals surface area contributed by atoms with Gasteiger partial charge in [-0.1, -0.05) is 49.4 Å². The average molecular weight is 974 g/mol. The van der Waals surface area contributed by atoms with E-state index in [1.54, 1.807) is 48.5 Å². The number of nitrogen functional groups attached to an aromatic ring is 3. The number of benzene rings is 6. The van der Waals surface area contributed by atoms with E-state index in [0.29, 0.717) is 40.9 Å². The van der Waals surface area contributed by atoms with Gasteiger partial charge in [0.1, 0.15) is 68.2 Å². The molecule has 0 heterocycles. The first-order valence-corrected chi connectivity index (χ1v) is 22.3. The van der Waals surface area contributed by atoms with Gasteiger partial charge in [-0.05, 0) is 77.5 Å². The Morgan fingerprint density at radius 3 is 1.70 bits per heavy atom. The minimum atomic E-state index is -5.44. The van der Waals surface area contributed by atoms with Gasteiger partial charge in [0.15, 0.2) is 0 Å². The third kappa shape index (κ3) is 13.5. The number of unbranched alkanes of at least 4 members (excludes halogenated alkanes) is 1. The second kappa shape index (κ2) is 24.1. The second-order valence-corrected chi connectivity index (χ2v) is 16.6. The van der Waals surface area contributed by atoms with Gasteiger partial charge < -0.3 is 51.3 Å².